The van der Waals surface area contributed by atoms with Crippen LogP contribution >= 0.6 is 0 Å². The number of ether oxygens (including phenoxy) is 1. The number of furan rings is 1. The van der Waals surface area contributed by atoms with E-state index in [9.17, 15) is 13.2 Å². The highest BCUT2D eigenvalue weighted by Gasteiger charge is 2.26. The highest BCUT2D eigenvalue weighted by molar-refractivity contribution is 7.89. The molecular formula is C23H33N3O5S. The second kappa shape index (κ2) is 12.2. The molecule has 1 amide bonds. The summed E-state index contributed by atoms with van der Waals surface area (Å²) in [5, 5.41) is 0. The van der Waals surface area contributed by atoms with Crippen LogP contribution in [0.25, 0.3) is 0 Å². The smallest absolute Gasteiger partial charge is 0.238 e. The Kier molecular flexibility index (Phi) is 9.28. The van der Waals surface area contributed by atoms with Gasteiger partial charge in [0.15, 0.2) is 0 Å². The predicted molar refractivity (Wildman–Crippen MR) is 122 cm³/mol. The van der Waals surface area contributed by atoms with Crippen molar-refractivity contribution in [2.24, 2.45) is 0 Å². The Balaban J connectivity index is 1.66. The Morgan fingerprint density at radius 2 is 1.81 bits per heavy atom. The van der Waals surface area contributed by atoms with Crippen molar-refractivity contribution >= 4 is 15.9 Å². The lowest BCUT2D eigenvalue weighted by atomic mass is 10.2. The molecule has 9 heteroatoms. The van der Waals surface area contributed by atoms with Gasteiger partial charge in [0.25, 0.3) is 0 Å². The Bertz CT molecular complexity index is 912. The normalized spacial score (nSPS) is 15.2. The van der Waals surface area contributed by atoms with Crippen molar-refractivity contribution in [3.63, 3.8) is 0 Å². The Morgan fingerprint density at radius 1 is 1.06 bits per heavy atom. The molecular weight excluding hydrogens is 430 g/mol. The maximum atomic E-state index is 13.3. The molecule has 0 bridgehead atoms. The molecule has 0 spiro atoms. The minimum atomic E-state index is -3.51. The molecule has 176 valence electrons. The number of nitrogens with zero attached hydrogens (tertiary/aromatic N) is 3. The third-order valence-corrected chi connectivity index (χ3v) is 7.38. The topological polar surface area (TPSA) is 83.3 Å². The molecule has 3 rings (SSSR count). The van der Waals surface area contributed by atoms with Crippen LogP contribution in [0, 0.1) is 0 Å². The van der Waals surface area contributed by atoms with E-state index in [0.29, 0.717) is 38.5 Å². The van der Waals surface area contributed by atoms with Gasteiger partial charge >= 0.3 is 0 Å². The fraction of sp³-hybridized carbons (Fsp3) is 0.522. The number of hydrogen-bond donors (Lipinski definition) is 0. The Labute approximate surface area is 190 Å². The zero-order valence-electron chi connectivity index (χ0n) is 18.7. The molecule has 0 radical (unpaired) electrons. The maximum absolute atomic E-state index is 13.3. The van der Waals surface area contributed by atoms with Gasteiger partial charge in [-0.25, -0.2) is 8.42 Å². The molecule has 2 heterocycles. The van der Waals surface area contributed by atoms with Crippen LogP contribution in [0.4, 0.5) is 0 Å². The fourth-order valence-corrected chi connectivity index (χ4v) is 4.75. The first-order valence-electron chi connectivity index (χ1n) is 11.1. The minimum Gasteiger partial charge on any atom is -0.467 e. The first-order valence-corrected chi connectivity index (χ1v) is 12.7. The number of morpholine rings is 1. The molecule has 1 aromatic heterocycles. The van der Waals surface area contributed by atoms with E-state index in [-0.39, 0.29) is 24.7 Å². The van der Waals surface area contributed by atoms with Gasteiger partial charge in [-0.05, 0) is 37.6 Å². The van der Waals surface area contributed by atoms with Gasteiger partial charge in [0, 0.05) is 26.2 Å². The number of carbonyl (C=O) groups is 1. The van der Waals surface area contributed by atoms with Gasteiger partial charge in [-0.2, -0.15) is 4.31 Å². The molecule has 1 aliphatic heterocycles. The van der Waals surface area contributed by atoms with Crippen molar-refractivity contribution in [2.45, 2.75) is 26.4 Å². The molecule has 0 saturated carbocycles. The molecule has 0 atom stereocenters. The molecule has 1 aliphatic rings. The number of carbonyl (C=O) groups excluding carboxylic acids is 1. The van der Waals surface area contributed by atoms with E-state index in [1.165, 1.54) is 4.31 Å². The van der Waals surface area contributed by atoms with Gasteiger partial charge in [-0.1, -0.05) is 30.3 Å². The summed E-state index contributed by atoms with van der Waals surface area (Å²) in [6, 6.07) is 13.3. The zero-order chi connectivity index (χ0) is 22.8. The molecule has 0 aliphatic carbocycles. The maximum Gasteiger partial charge on any atom is 0.238 e. The Hall–Kier alpha value is -2.20. The number of amides is 1. The highest BCUT2D eigenvalue weighted by atomic mass is 32.2. The number of sulfonamides is 1. The summed E-state index contributed by atoms with van der Waals surface area (Å²) in [5.41, 5.74) is 0.977. The van der Waals surface area contributed by atoms with Crippen molar-refractivity contribution < 1.29 is 22.4 Å². The summed E-state index contributed by atoms with van der Waals surface area (Å²) in [7, 11) is -3.51. The van der Waals surface area contributed by atoms with Gasteiger partial charge in [-0.15, -0.1) is 0 Å². The molecule has 0 N–H and O–H groups in total. The summed E-state index contributed by atoms with van der Waals surface area (Å²) in [5.74, 6) is 0.384. The first kappa shape index (κ1) is 24.4. The van der Waals surface area contributed by atoms with Gasteiger partial charge in [-0.3, -0.25) is 9.69 Å². The van der Waals surface area contributed by atoms with Crippen LogP contribution in [0.1, 0.15) is 24.7 Å². The molecule has 0 unspecified atom stereocenters. The van der Waals surface area contributed by atoms with Crippen LogP contribution < -0.4 is 0 Å². The van der Waals surface area contributed by atoms with Crippen molar-refractivity contribution in [2.75, 3.05) is 51.7 Å². The van der Waals surface area contributed by atoms with Crippen molar-refractivity contribution in [3.8, 4) is 0 Å². The SMILES string of the molecule is CCS(=O)(=O)N(CCCN1CCOCC1)CC(=O)N(Cc1ccccc1)Cc1ccco1. The van der Waals surface area contributed by atoms with E-state index in [1.807, 2.05) is 36.4 Å². The third kappa shape index (κ3) is 7.44. The summed E-state index contributed by atoms with van der Waals surface area (Å²) >= 11 is 0. The van der Waals surface area contributed by atoms with Gasteiger partial charge in [0.2, 0.25) is 15.9 Å². The average molecular weight is 464 g/mol. The third-order valence-electron chi connectivity index (χ3n) is 5.55. The van der Waals surface area contributed by atoms with Crippen molar-refractivity contribution in [1.29, 1.82) is 0 Å². The van der Waals surface area contributed by atoms with Crippen LogP contribution in [0.3, 0.4) is 0 Å². The quantitative estimate of drug-likeness (QED) is 0.480. The fourth-order valence-electron chi connectivity index (χ4n) is 3.67. The second-order valence-electron chi connectivity index (χ2n) is 7.86. The summed E-state index contributed by atoms with van der Waals surface area (Å²) < 4.78 is 37.6. The van der Waals surface area contributed by atoms with Crippen LogP contribution in [-0.4, -0.2) is 80.1 Å². The van der Waals surface area contributed by atoms with Crippen LogP contribution in [-0.2, 0) is 32.6 Å². The van der Waals surface area contributed by atoms with E-state index < -0.39 is 10.0 Å². The molecule has 2 aromatic rings. The van der Waals surface area contributed by atoms with Crippen LogP contribution in [0.15, 0.2) is 53.1 Å². The molecule has 32 heavy (non-hydrogen) atoms. The molecule has 8 nitrogen and oxygen atoms in total. The standard InChI is InChI=1S/C23H33N3O5S/c1-2-32(28,29)26(12-7-11-24-13-16-30-17-14-24)20-23(27)25(19-22-10-6-15-31-22)18-21-8-4-3-5-9-21/h3-6,8-10,15H,2,7,11-14,16-20H2,1H3. The monoisotopic (exact) mass is 463 g/mol. The van der Waals surface area contributed by atoms with E-state index in [2.05, 4.69) is 4.90 Å². The van der Waals surface area contributed by atoms with E-state index in [0.717, 1.165) is 25.2 Å². The van der Waals surface area contributed by atoms with Gasteiger partial charge < -0.3 is 14.1 Å². The molecule has 1 aromatic carbocycles. The lowest BCUT2D eigenvalue weighted by Crippen LogP contribution is -2.44. The largest absolute Gasteiger partial charge is 0.467 e. The predicted octanol–water partition coefficient (Wildman–Crippen LogP) is 2.18. The molecule has 1 saturated heterocycles. The zero-order valence-corrected chi connectivity index (χ0v) is 19.5. The van der Waals surface area contributed by atoms with Crippen molar-refractivity contribution in [3.05, 3.63) is 60.1 Å². The lowest BCUT2D eigenvalue weighted by molar-refractivity contribution is -0.133. The summed E-state index contributed by atoms with van der Waals surface area (Å²) in [6.07, 6.45) is 2.24. The average Bonchev–Trinajstić information content (AvgIpc) is 3.32. The van der Waals surface area contributed by atoms with Gasteiger partial charge in [0.1, 0.15) is 5.76 Å². The second-order valence-corrected chi connectivity index (χ2v) is 10.1. The number of rotatable bonds is 12. The highest BCUT2D eigenvalue weighted by Crippen LogP contribution is 2.13. The first-order chi connectivity index (χ1) is 15.5. The van der Waals surface area contributed by atoms with Gasteiger partial charge in [0.05, 0.1) is 38.3 Å². The van der Waals surface area contributed by atoms with E-state index in [4.69, 9.17) is 9.15 Å². The van der Waals surface area contributed by atoms with Crippen LogP contribution in [0.2, 0.25) is 0 Å². The molecule has 1 fully saturated rings. The van der Waals surface area contributed by atoms with Crippen LogP contribution in [0.5, 0.6) is 0 Å². The minimum absolute atomic E-state index is 0.0330. The van der Waals surface area contributed by atoms with Crippen molar-refractivity contribution in [1.82, 2.24) is 14.1 Å². The lowest BCUT2D eigenvalue weighted by Gasteiger charge is -2.29. The summed E-state index contributed by atoms with van der Waals surface area (Å²) in [4.78, 5) is 17.2. The number of benzene rings is 1. The summed E-state index contributed by atoms with van der Waals surface area (Å²) in [6.45, 7) is 6.33. The number of hydrogen-bond acceptors (Lipinski definition) is 6. The van der Waals surface area contributed by atoms with E-state index >= 15 is 0 Å². The van der Waals surface area contributed by atoms with E-state index in [1.54, 1.807) is 24.2 Å². The Morgan fingerprint density at radius 3 is 2.47 bits per heavy atom.